The topological polar surface area (TPSA) is 47.0 Å². The highest BCUT2D eigenvalue weighted by molar-refractivity contribution is 7.19. The minimum absolute atomic E-state index is 0.257. The van der Waals surface area contributed by atoms with Crippen molar-refractivity contribution in [3.05, 3.63) is 16.3 Å². The Hall–Kier alpha value is -1.20. The molecule has 122 valence electrons. The number of hydrogen-bond donors (Lipinski definition) is 1. The standard InChI is InChI=1S/C18H23N3OS/c1-18(9-22-10-18)8-19-16-14-12-4-2-3-5-13(12)23-17(14)21-15(20-16)11-6-7-11/h11H,2-10H2,1H3,(H,19,20,21). The number of rotatable bonds is 4. The quantitative estimate of drug-likeness (QED) is 0.924. The second-order valence-corrected chi connectivity index (χ2v) is 8.84. The predicted molar refractivity (Wildman–Crippen MR) is 93.4 cm³/mol. The Morgan fingerprint density at radius 1 is 1.22 bits per heavy atom. The second-order valence-electron chi connectivity index (χ2n) is 7.75. The number of fused-ring (bicyclic) bond motifs is 3. The summed E-state index contributed by atoms with van der Waals surface area (Å²) in [5.74, 6) is 2.75. The van der Waals surface area contributed by atoms with Crippen LogP contribution >= 0.6 is 11.3 Å². The van der Waals surface area contributed by atoms with Crippen molar-refractivity contribution in [2.75, 3.05) is 25.1 Å². The smallest absolute Gasteiger partial charge is 0.138 e. The normalized spacial score (nSPS) is 22.7. The summed E-state index contributed by atoms with van der Waals surface area (Å²) in [6.45, 7) is 4.93. The molecule has 2 aliphatic carbocycles. The second kappa shape index (κ2) is 5.15. The van der Waals surface area contributed by atoms with E-state index in [1.54, 1.807) is 4.88 Å². The molecule has 2 fully saturated rings. The molecular weight excluding hydrogens is 306 g/mol. The van der Waals surface area contributed by atoms with E-state index in [1.807, 2.05) is 11.3 Å². The minimum Gasteiger partial charge on any atom is -0.380 e. The van der Waals surface area contributed by atoms with Crippen molar-refractivity contribution in [3.63, 3.8) is 0 Å². The maximum atomic E-state index is 5.39. The number of aryl methyl sites for hydroxylation is 2. The third-order valence-electron chi connectivity index (χ3n) is 5.36. The minimum atomic E-state index is 0.257. The first kappa shape index (κ1) is 14.2. The molecule has 1 saturated heterocycles. The maximum absolute atomic E-state index is 5.39. The zero-order valence-electron chi connectivity index (χ0n) is 13.7. The van der Waals surface area contributed by atoms with Crippen molar-refractivity contribution in [1.82, 2.24) is 9.97 Å². The summed E-state index contributed by atoms with van der Waals surface area (Å²) in [5, 5.41) is 4.98. The molecule has 0 spiro atoms. The summed E-state index contributed by atoms with van der Waals surface area (Å²) in [4.78, 5) is 12.6. The summed E-state index contributed by atoms with van der Waals surface area (Å²) >= 11 is 1.91. The third kappa shape index (κ3) is 2.45. The van der Waals surface area contributed by atoms with E-state index in [2.05, 4.69) is 12.2 Å². The molecule has 2 aromatic heterocycles. The lowest BCUT2D eigenvalue weighted by atomic mass is 9.88. The average molecular weight is 329 g/mol. The zero-order valence-corrected chi connectivity index (χ0v) is 14.5. The van der Waals surface area contributed by atoms with Crippen molar-refractivity contribution in [1.29, 1.82) is 0 Å². The Bertz CT molecular complexity index is 761. The molecule has 1 aliphatic heterocycles. The number of nitrogens with zero attached hydrogens (tertiary/aromatic N) is 2. The maximum Gasteiger partial charge on any atom is 0.138 e. The van der Waals surface area contributed by atoms with Crippen molar-refractivity contribution in [2.45, 2.75) is 51.4 Å². The van der Waals surface area contributed by atoms with Gasteiger partial charge in [0.25, 0.3) is 0 Å². The molecule has 23 heavy (non-hydrogen) atoms. The van der Waals surface area contributed by atoms with Crippen LogP contribution < -0.4 is 5.32 Å². The largest absolute Gasteiger partial charge is 0.380 e. The lowest BCUT2D eigenvalue weighted by Crippen LogP contribution is -2.45. The molecule has 0 atom stereocenters. The fourth-order valence-corrected chi connectivity index (χ4v) is 4.94. The van der Waals surface area contributed by atoms with Gasteiger partial charge in [-0.2, -0.15) is 0 Å². The summed E-state index contributed by atoms with van der Waals surface area (Å²) in [7, 11) is 0. The molecule has 3 heterocycles. The van der Waals surface area contributed by atoms with Gasteiger partial charge < -0.3 is 10.1 Å². The fourth-order valence-electron chi connectivity index (χ4n) is 3.68. The number of nitrogens with one attached hydrogen (secondary N) is 1. The fraction of sp³-hybridized carbons (Fsp3) is 0.667. The molecule has 4 nitrogen and oxygen atoms in total. The zero-order chi connectivity index (χ0) is 15.4. The summed E-state index contributed by atoms with van der Waals surface area (Å²) < 4.78 is 5.39. The lowest BCUT2D eigenvalue weighted by Gasteiger charge is -2.38. The predicted octanol–water partition coefficient (Wildman–Crippen LogP) is 3.90. The first-order valence-corrected chi connectivity index (χ1v) is 9.67. The van der Waals surface area contributed by atoms with Crippen molar-refractivity contribution in [2.24, 2.45) is 5.41 Å². The van der Waals surface area contributed by atoms with Gasteiger partial charge in [-0.25, -0.2) is 9.97 Å². The molecule has 3 aliphatic rings. The van der Waals surface area contributed by atoms with Gasteiger partial charge in [0.2, 0.25) is 0 Å². The molecule has 0 aromatic carbocycles. The number of hydrogen-bond acceptors (Lipinski definition) is 5. The van der Waals surface area contributed by atoms with E-state index in [0.717, 1.165) is 31.4 Å². The monoisotopic (exact) mass is 329 g/mol. The van der Waals surface area contributed by atoms with Crippen LogP contribution in [0, 0.1) is 5.41 Å². The van der Waals surface area contributed by atoms with Gasteiger partial charge in [-0.15, -0.1) is 11.3 Å². The molecule has 1 saturated carbocycles. The number of ether oxygens (including phenoxy) is 1. The van der Waals surface area contributed by atoms with Crippen molar-refractivity contribution < 1.29 is 4.74 Å². The van der Waals surface area contributed by atoms with Crippen LogP contribution in [-0.4, -0.2) is 29.7 Å². The highest BCUT2D eigenvalue weighted by atomic mass is 32.1. The number of thiophene rings is 1. The summed E-state index contributed by atoms with van der Waals surface area (Å²) in [6.07, 6.45) is 7.54. The molecular formula is C18H23N3OS. The van der Waals surface area contributed by atoms with E-state index >= 15 is 0 Å². The van der Waals surface area contributed by atoms with E-state index in [-0.39, 0.29) is 5.41 Å². The molecule has 0 bridgehead atoms. The van der Waals surface area contributed by atoms with E-state index in [1.165, 1.54) is 54.3 Å². The molecule has 2 aromatic rings. The van der Waals surface area contributed by atoms with Gasteiger partial charge in [0.05, 0.1) is 18.6 Å². The van der Waals surface area contributed by atoms with Gasteiger partial charge >= 0.3 is 0 Å². The van der Waals surface area contributed by atoms with Gasteiger partial charge in [-0.1, -0.05) is 6.92 Å². The van der Waals surface area contributed by atoms with E-state index in [0.29, 0.717) is 5.92 Å². The van der Waals surface area contributed by atoms with Crippen molar-refractivity contribution in [3.8, 4) is 0 Å². The molecule has 0 amide bonds. The molecule has 5 heteroatoms. The average Bonchev–Trinajstić information content (AvgIpc) is 3.31. The van der Waals surface area contributed by atoms with Crippen LogP contribution in [0.25, 0.3) is 10.2 Å². The highest BCUT2D eigenvalue weighted by Gasteiger charge is 2.34. The van der Waals surface area contributed by atoms with Crippen molar-refractivity contribution >= 4 is 27.4 Å². The van der Waals surface area contributed by atoms with Crippen LogP contribution in [0.15, 0.2) is 0 Å². The highest BCUT2D eigenvalue weighted by Crippen LogP contribution is 2.43. The van der Waals surface area contributed by atoms with Crippen LogP contribution in [0.4, 0.5) is 5.82 Å². The SMILES string of the molecule is CC1(CNc2nc(C3CC3)nc3sc4c(c23)CCCC4)COC1. The van der Waals surface area contributed by atoms with Gasteiger partial charge in [-0.3, -0.25) is 0 Å². The Morgan fingerprint density at radius 2 is 2.04 bits per heavy atom. The van der Waals surface area contributed by atoms with Crippen LogP contribution in [0.5, 0.6) is 0 Å². The number of anilines is 1. The Balaban J connectivity index is 1.57. The Kier molecular flexibility index (Phi) is 3.17. The lowest BCUT2D eigenvalue weighted by molar-refractivity contribution is -0.0924. The molecule has 5 rings (SSSR count). The first-order chi connectivity index (χ1) is 11.2. The first-order valence-electron chi connectivity index (χ1n) is 8.86. The molecule has 1 N–H and O–H groups in total. The van der Waals surface area contributed by atoms with Gasteiger partial charge in [0, 0.05) is 22.8 Å². The van der Waals surface area contributed by atoms with Crippen LogP contribution in [-0.2, 0) is 17.6 Å². The van der Waals surface area contributed by atoms with E-state index in [9.17, 15) is 0 Å². The Morgan fingerprint density at radius 3 is 2.78 bits per heavy atom. The Labute approximate surface area is 140 Å². The van der Waals surface area contributed by atoms with Gasteiger partial charge in [0.15, 0.2) is 0 Å². The molecule has 0 radical (unpaired) electrons. The van der Waals surface area contributed by atoms with E-state index in [4.69, 9.17) is 14.7 Å². The third-order valence-corrected chi connectivity index (χ3v) is 6.54. The number of aromatic nitrogens is 2. The van der Waals surface area contributed by atoms with Crippen LogP contribution in [0.2, 0.25) is 0 Å². The van der Waals surface area contributed by atoms with Gasteiger partial charge in [0.1, 0.15) is 16.5 Å². The van der Waals surface area contributed by atoms with Gasteiger partial charge in [-0.05, 0) is 44.1 Å². The summed E-state index contributed by atoms with van der Waals surface area (Å²) in [6, 6.07) is 0. The molecule has 0 unspecified atom stereocenters. The van der Waals surface area contributed by atoms with Crippen LogP contribution in [0.3, 0.4) is 0 Å². The van der Waals surface area contributed by atoms with E-state index < -0.39 is 0 Å². The van der Waals surface area contributed by atoms with Crippen LogP contribution in [0.1, 0.15) is 54.8 Å². The summed E-state index contributed by atoms with van der Waals surface area (Å²) in [5.41, 5.74) is 1.78.